The van der Waals surface area contributed by atoms with Crippen LogP contribution in [0, 0.1) is 6.92 Å². The quantitative estimate of drug-likeness (QED) is 0.854. The van der Waals surface area contributed by atoms with E-state index in [-0.39, 0.29) is 17.0 Å². The van der Waals surface area contributed by atoms with Crippen molar-refractivity contribution >= 4 is 5.91 Å². The Hall–Kier alpha value is -1.69. The number of likely N-dealkylation sites (tertiary alicyclic amines) is 1. The number of amides is 1. The summed E-state index contributed by atoms with van der Waals surface area (Å²) in [5.41, 5.74) is 0.264. The summed E-state index contributed by atoms with van der Waals surface area (Å²) in [6.45, 7) is 4.41. The average molecular weight is 346 g/mol. The molecular weight excluding hydrogens is 316 g/mol. The second-order valence-corrected chi connectivity index (χ2v) is 7.48. The molecule has 25 heavy (non-hydrogen) atoms. The van der Waals surface area contributed by atoms with Crippen LogP contribution in [0.2, 0.25) is 0 Å². The van der Waals surface area contributed by atoms with Gasteiger partial charge in [0.25, 0.3) is 5.56 Å². The molecule has 0 unspecified atom stereocenters. The number of hydrogen-bond acceptors (Lipinski definition) is 4. The van der Waals surface area contributed by atoms with Gasteiger partial charge in [0.05, 0.1) is 0 Å². The molecule has 0 radical (unpaired) electrons. The summed E-state index contributed by atoms with van der Waals surface area (Å²) in [4.78, 5) is 34.1. The van der Waals surface area contributed by atoms with Crippen LogP contribution in [0.25, 0.3) is 0 Å². The van der Waals surface area contributed by atoms with Gasteiger partial charge in [-0.05, 0) is 45.7 Å². The van der Waals surface area contributed by atoms with Crippen molar-refractivity contribution in [3.63, 3.8) is 0 Å². The molecular formula is C19H30N4O2. The first-order valence-electron chi connectivity index (χ1n) is 9.70. The molecule has 1 aromatic rings. The molecule has 2 aliphatic rings. The van der Waals surface area contributed by atoms with Gasteiger partial charge in [0.15, 0.2) is 0 Å². The van der Waals surface area contributed by atoms with Crippen molar-refractivity contribution in [3.8, 4) is 0 Å². The van der Waals surface area contributed by atoms with Crippen LogP contribution in [-0.2, 0) is 11.2 Å². The Labute approximate surface area is 149 Å². The van der Waals surface area contributed by atoms with Gasteiger partial charge in [0.1, 0.15) is 11.4 Å². The highest BCUT2D eigenvalue weighted by atomic mass is 16.2. The lowest BCUT2D eigenvalue weighted by molar-refractivity contribution is -0.137. The molecule has 2 fully saturated rings. The van der Waals surface area contributed by atoms with Crippen molar-refractivity contribution in [2.45, 2.75) is 70.3 Å². The number of nitrogens with one attached hydrogen (secondary N) is 2. The van der Waals surface area contributed by atoms with Gasteiger partial charge in [0, 0.05) is 24.7 Å². The van der Waals surface area contributed by atoms with E-state index in [0.717, 1.165) is 38.8 Å². The van der Waals surface area contributed by atoms with E-state index in [1.807, 2.05) is 6.92 Å². The second-order valence-electron chi connectivity index (χ2n) is 7.48. The molecule has 0 spiro atoms. The van der Waals surface area contributed by atoms with Gasteiger partial charge in [-0.25, -0.2) is 4.98 Å². The summed E-state index contributed by atoms with van der Waals surface area (Å²) in [6, 6.07) is 1.48. The number of aryl methyl sites for hydroxylation is 1. The normalized spacial score (nSPS) is 21.0. The topological polar surface area (TPSA) is 78.1 Å². The fourth-order valence-electron chi connectivity index (χ4n) is 4.36. The van der Waals surface area contributed by atoms with Gasteiger partial charge in [-0.15, -0.1) is 0 Å². The van der Waals surface area contributed by atoms with Gasteiger partial charge in [-0.1, -0.05) is 25.7 Å². The number of nitrogens with zero attached hydrogens (tertiary/aromatic N) is 2. The predicted molar refractivity (Wildman–Crippen MR) is 97.5 cm³/mol. The number of piperidine rings is 1. The molecule has 1 aromatic heterocycles. The van der Waals surface area contributed by atoms with Gasteiger partial charge >= 0.3 is 0 Å². The third-order valence-electron chi connectivity index (χ3n) is 5.63. The van der Waals surface area contributed by atoms with Crippen molar-refractivity contribution in [3.05, 3.63) is 27.9 Å². The Kier molecular flexibility index (Phi) is 5.89. The minimum Gasteiger partial charge on any atom is -0.354 e. The zero-order valence-electron chi connectivity index (χ0n) is 15.3. The lowest BCUT2D eigenvalue weighted by atomic mass is 9.78. The standard InChI is InChI=1S/C19H30N4O2/c1-15-14-17(24)22-16(21-15)8-11-20-18(25)19(9-4-2-5-10-19)23-12-6-3-7-13-23/h14H,2-13H2,1H3,(H,20,25)(H,21,22,24). The van der Waals surface area contributed by atoms with E-state index < -0.39 is 0 Å². The number of carbonyl (C=O) groups is 1. The van der Waals surface area contributed by atoms with E-state index >= 15 is 0 Å². The number of carbonyl (C=O) groups excluding carboxylic acids is 1. The summed E-state index contributed by atoms with van der Waals surface area (Å²) in [5, 5.41) is 3.14. The summed E-state index contributed by atoms with van der Waals surface area (Å²) in [5.74, 6) is 0.810. The molecule has 3 rings (SSSR count). The maximum absolute atomic E-state index is 13.1. The molecule has 1 aliphatic heterocycles. The fourth-order valence-corrected chi connectivity index (χ4v) is 4.36. The van der Waals surface area contributed by atoms with Crippen LogP contribution in [0.15, 0.2) is 10.9 Å². The van der Waals surface area contributed by atoms with Gasteiger partial charge in [-0.3, -0.25) is 14.5 Å². The lowest BCUT2D eigenvalue weighted by Crippen LogP contribution is -2.61. The van der Waals surface area contributed by atoms with E-state index in [0.29, 0.717) is 24.5 Å². The highest BCUT2D eigenvalue weighted by molar-refractivity contribution is 5.86. The van der Waals surface area contributed by atoms with Crippen LogP contribution in [0.3, 0.4) is 0 Å². The van der Waals surface area contributed by atoms with E-state index in [4.69, 9.17) is 0 Å². The van der Waals surface area contributed by atoms with Gasteiger partial charge < -0.3 is 10.3 Å². The maximum atomic E-state index is 13.1. The van der Waals surface area contributed by atoms with Crippen molar-refractivity contribution in [2.75, 3.05) is 19.6 Å². The van der Waals surface area contributed by atoms with Gasteiger partial charge in [-0.2, -0.15) is 0 Å². The van der Waals surface area contributed by atoms with Crippen LogP contribution >= 0.6 is 0 Å². The molecule has 0 aromatic carbocycles. The van der Waals surface area contributed by atoms with E-state index in [1.54, 1.807) is 0 Å². The zero-order chi connectivity index (χ0) is 17.7. The minimum absolute atomic E-state index is 0.133. The SMILES string of the molecule is Cc1cc(=O)[nH]c(CCNC(=O)C2(N3CCCCC3)CCCCC2)n1. The minimum atomic E-state index is -0.313. The molecule has 0 atom stereocenters. The van der Waals surface area contributed by atoms with Crippen LogP contribution in [0.4, 0.5) is 0 Å². The van der Waals surface area contributed by atoms with Crippen molar-refractivity contribution in [1.82, 2.24) is 20.2 Å². The average Bonchev–Trinajstić information content (AvgIpc) is 2.62. The van der Waals surface area contributed by atoms with E-state index in [1.165, 1.54) is 31.7 Å². The van der Waals surface area contributed by atoms with E-state index in [9.17, 15) is 9.59 Å². The smallest absolute Gasteiger partial charge is 0.251 e. The lowest BCUT2D eigenvalue weighted by Gasteiger charge is -2.46. The Morgan fingerprint density at radius 1 is 1.20 bits per heavy atom. The summed E-state index contributed by atoms with van der Waals surface area (Å²) in [7, 11) is 0. The number of aromatic amines is 1. The van der Waals surface area contributed by atoms with E-state index in [2.05, 4.69) is 20.2 Å². The molecule has 2 heterocycles. The molecule has 6 heteroatoms. The first kappa shape index (κ1) is 18.1. The summed E-state index contributed by atoms with van der Waals surface area (Å²) in [6.07, 6.45) is 9.67. The molecule has 1 aliphatic carbocycles. The second kappa shape index (κ2) is 8.13. The molecule has 138 valence electrons. The third kappa shape index (κ3) is 4.29. The number of hydrogen-bond donors (Lipinski definition) is 2. The molecule has 6 nitrogen and oxygen atoms in total. The maximum Gasteiger partial charge on any atom is 0.251 e. The Bertz CT molecular complexity index is 643. The summed E-state index contributed by atoms with van der Waals surface area (Å²) < 4.78 is 0. The monoisotopic (exact) mass is 346 g/mol. The third-order valence-corrected chi connectivity index (χ3v) is 5.63. The van der Waals surface area contributed by atoms with Gasteiger partial charge in [0.2, 0.25) is 5.91 Å². The Balaban J connectivity index is 1.63. The van der Waals surface area contributed by atoms with Crippen LogP contribution in [-0.4, -0.2) is 45.9 Å². The molecule has 2 N–H and O–H groups in total. The largest absolute Gasteiger partial charge is 0.354 e. The first-order chi connectivity index (χ1) is 12.1. The zero-order valence-corrected chi connectivity index (χ0v) is 15.3. The molecule has 1 amide bonds. The number of H-pyrrole nitrogens is 1. The Morgan fingerprint density at radius 3 is 2.56 bits per heavy atom. The van der Waals surface area contributed by atoms with Crippen LogP contribution in [0.5, 0.6) is 0 Å². The van der Waals surface area contributed by atoms with Crippen molar-refractivity contribution in [1.29, 1.82) is 0 Å². The molecule has 0 bridgehead atoms. The highest BCUT2D eigenvalue weighted by Crippen LogP contribution is 2.35. The van der Waals surface area contributed by atoms with Crippen molar-refractivity contribution in [2.24, 2.45) is 0 Å². The molecule has 1 saturated carbocycles. The van der Waals surface area contributed by atoms with Crippen molar-refractivity contribution < 1.29 is 4.79 Å². The van der Waals surface area contributed by atoms with Crippen LogP contribution in [0.1, 0.15) is 62.9 Å². The Morgan fingerprint density at radius 2 is 1.88 bits per heavy atom. The number of rotatable bonds is 5. The highest BCUT2D eigenvalue weighted by Gasteiger charge is 2.44. The summed E-state index contributed by atoms with van der Waals surface area (Å²) >= 11 is 0. The van der Waals surface area contributed by atoms with Crippen LogP contribution < -0.4 is 10.9 Å². The fraction of sp³-hybridized carbons (Fsp3) is 0.737. The predicted octanol–water partition coefficient (Wildman–Crippen LogP) is 1.93. The first-order valence-corrected chi connectivity index (χ1v) is 9.70. The molecule has 1 saturated heterocycles. The number of aromatic nitrogens is 2.